The van der Waals surface area contributed by atoms with Gasteiger partial charge in [0.2, 0.25) is 18.3 Å². The number of benzene rings is 2. The fourth-order valence-electron chi connectivity index (χ4n) is 6.05. The minimum Gasteiger partial charge on any atom is -0.507 e. The smallest absolute Gasteiger partial charge is 0.331 e. The zero-order valence-corrected chi connectivity index (χ0v) is 21.7. The van der Waals surface area contributed by atoms with Crippen molar-refractivity contribution in [1.82, 2.24) is 4.90 Å². The number of rotatable bonds is 4. The Morgan fingerprint density at radius 3 is 2.59 bits per heavy atom. The maximum absolute atomic E-state index is 14.3. The first-order valence-electron chi connectivity index (χ1n) is 13.1. The van der Waals surface area contributed by atoms with E-state index in [4.69, 9.17) is 14.2 Å². The monoisotopic (exact) mass is 535 g/mol. The molecule has 10 heteroatoms. The summed E-state index contributed by atoms with van der Waals surface area (Å²) in [6.07, 6.45) is -3.83. The fraction of sp³-hybridized carbons (Fsp3) is 0.414. The van der Waals surface area contributed by atoms with Gasteiger partial charge in [0, 0.05) is 23.1 Å². The third-order valence-electron chi connectivity index (χ3n) is 7.83. The van der Waals surface area contributed by atoms with E-state index in [1.807, 2.05) is 6.92 Å². The second kappa shape index (κ2) is 9.18. The number of fused-ring (bicyclic) bond motifs is 6. The number of phenolic OH excluding ortho intramolecular Hbond substituents is 1. The zero-order chi connectivity index (χ0) is 27.7. The van der Waals surface area contributed by atoms with Crippen LogP contribution in [0.1, 0.15) is 76.7 Å². The number of carbonyl (C=O) groups is 3. The minimum absolute atomic E-state index is 0.00140. The lowest BCUT2D eigenvalue weighted by atomic mass is 9.78. The molecule has 0 saturated carbocycles. The van der Waals surface area contributed by atoms with Gasteiger partial charge in [-0.2, -0.15) is 0 Å². The molecule has 2 aromatic carbocycles. The van der Waals surface area contributed by atoms with Crippen LogP contribution in [0.15, 0.2) is 36.0 Å². The molecule has 0 spiro atoms. The summed E-state index contributed by atoms with van der Waals surface area (Å²) >= 11 is 0. The molecule has 2 saturated heterocycles. The Morgan fingerprint density at radius 2 is 1.87 bits per heavy atom. The molecule has 0 aromatic heterocycles. The van der Waals surface area contributed by atoms with Crippen LogP contribution in [0.4, 0.5) is 0 Å². The molecule has 2 aromatic rings. The number of ketones is 2. The predicted octanol–water partition coefficient (Wildman–Crippen LogP) is 2.77. The molecule has 2 unspecified atom stereocenters. The Kier molecular flexibility index (Phi) is 6.01. The van der Waals surface area contributed by atoms with E-state index in [0.717, 1.165) is 0 Å². The average Bonchev–Trinajstić information content (AvgIpc) is 3.21. The van der Waals surface area contributed by atoms with Gasteiger partial charge in [-0.15, -0.1) is 0 Å². The zero-order valence-electron chi connectivity index (χ0n) is 21.7. The van der Waals surface area contributed by atoms with E-state index in [1.165, 1.54) is 18.2 Å². The van der Waals surface area contributed by atoms with Crippen LogP contribution >= 0.6 is 0 Å². The highest BCUT2D eigenvalue weighted by Crippen LogP contribution is 2.52. The Morgan fingerprint density at radius 1 is 1.10 bits per heavy atom. The standard InChI is InChI=1S/C29H29NO9/c1-4-6-16-29(36)39-28-15-9-12(2)10-17(31)21(15)23-24(30(16)28)27(35)22-14(26(23)34)7-5-8-19(22)38-20-11-18(32)25(33)13(3)37-20/h5,7-10,13,16,18,20,25,28,31-33H,4,6,11H2,1-3H3/t13-,16?,18+,20-,25-,28?/m0/s1. The van der Waals surface area contributed by atoms with Gasteiger partial charge < -0.3 is 34.4 Å². The van der Waals surface area contributed by atoms with E-state index in [0.29, 0.717) is 24.0 Å². The number of hydrogen-bond acceptors (Lipinski definition) is 10. The third kappa shape index (κ3) is 3.77. The molecule has 0 bridgehead atoms. The molecule has 6 atom stereocenters. The number of phenols is 1. The van der Waals surface area contributed by atoms with Crippen LogP contribution in [-0.2, 0) is 14.3 Å². The summed E-state index contributed by atoms with van der Waals surface area (Å²) < 4.78 is 17.4. The summed E-state index contributed by atoms with van der Waals surface area (Å²) in [7, 11) is 0. The van der Waals surface area contributed by atoms with Gasteiger partial charge in [-0.1, -0.05) is 25.5 Å². The average molecular weight is 536 g/mol. The van der Waals surface area contributed by atoms with Gasteiger partial charge in [0.1, 0.15) is 29.3 Å². The molecule has 0 radical (unpaired) electrons. The Balaban J connectivity index is 1.51. The largest absolute Gasteiger partial charge is 0.507 e. The lowest BCUT2D eigenvalue weighted by molar-refractivity contribution is -0.216. The van der Waals surface area contributed by atoms with Gasteiger partial charge in [-0.25, -0.2) is 4.79 Å². The molecular formula is C29H29NO9. The van der Waals surface area contributed by atoms with Gasteiger partial charge in [0.05, 0.1) is 23.3 Å². The lowest BCUT2D eigenvalue weighted by Crippen LogP contribution is -2.48. The highest BCUT2D eigenvalue weighted by Gasteiger charge is 2.53. The molecule has 3 N–H and O–H groups in total. The molecule has 10 nitrogen and oxygen atoms in total. The molecule has 3 aliphatic heterocycles. The van der Waals surface area contributed by atoms with Gasteiger partial charge in [0.15, 0.2) is 5.78 Å². The van der Waals surface area contributed by atoms with Gasteiger partial charge >= 0.3 is 5.97 Å². The Bertz CT molecular complexity index is 1430. The highest BCUT2D eigenvalue weighted by molar-refractivity contribution is 6.41. The summed E-state index contributed by atoms with van der Waals surface area (Å²) in [5.41, 5.74) is 1.44. The Labute approximate surface area is 224 Å². The summed E-state index contributed by atoms with van der Waals surface area (Å²) in [6.45, 7) is 5.29. The molecule has 1 aliphatic carbocycles. The SMILES string of the molecule is CCCC1C(=O)OC2c3cc(C)cc(O)c3C3=C(C(=O)c4c(O[C@H]5C[C@@H](O)[C@@H](O)[C@H](C)O5)cccc4C3=O)N12. The molecule has 39 heavy (non-hydrogen) atoms. The number of Topliss-reactive ketones (excluding diaryl/α,β-unsaturated/α-hetero) is 2. The maximum Gasteiger partial charge on any atom is 0.331 e. The quantitative estimate of drug-likeness (QED) is 0.500. The maximum atomic E-state index is 14.3. The second-order valence-electron chi connectivity index (χ2n) is 10.5. The number of aryl methyl sites for hydroxylation is 1. The van der Waals surface area contributed by atoms with Crippen LogP contribution in [0.2, 0.25) is 0 Å². The van der Waals surface area contributed by atoms with Crippen LogP contribution in [0.25, 0.3) is 5.57 Å². The number of aliphatic hydroxyl groups excluding tert-OH is 2. The van der Waals surface area contributed by atoms with Crippen molar-refractivity contribution in [3.8, 4) is 11.5 Å². The summed E-state index contributed by atoms with van der Waals surface area (Å²) in [6, 6.07) is 7.10. The minimum atomic E-state index is -1.09. The number of nitrogens with zero attached hydrogens (tertiary/aromatic N) is 1. The number of aliphatic hydroxyl groups is 2. The van der Waals surface area contributed by atoms with Crippen molar-refractivity contribution in [1.29, 1.82) is 0 Å². The van der Waals surface area contributed by atoms with E-state index in [-0.39, 0.29) is 45.9 Å². The number of carbonyl (C=O) groups excluding carboxylic acids is 3. The molecular weight excluding hydrogens is 506 g/mol. The fourth-order valence-corrected chi connectivity index (χ4v) is 6.05. The predicted molar refractivity (Wildman–Crippen MR) is 136 cm³/mol. The summed E-state index contributed by atoms with van der Waals surface area (Å²) in [5, 5.41) is 31.2. The topological polar surface area (TPSA) is 143 Å². The van der Waals surface area contributed by atoms with Crippen LogP contribution < -0.4 is 4.74 Å². The lowest BCUT2D eigenvalue weighted by Gasteiger charge is -2.39. The van der Waals surface area contributed by atoms with Crippen LogP contribution in [0, 0.1) is 6.92 Å². The molecule has 2 fully saturated rings. The number of allylic oxidation sites excluding steroid dienone is 2. The van der Waals surface area contributed by atoms with E-state index in [1.54, 1.807) is 30.9 Å². The van der Waals surface area contributed by atoms with Crippen LogP contribution in [0.3, 0.4) is 0 Å². The van der Waals surface area contributed by atoms with Crippen molar-refractivity contribution in [2.45, 2.75) is 76.9 Å². The number of aromatic hydroxyl groups is 1. The van der Waals surface area contributed by atoms with Crippen molar-refractivity contribution >= 4 is 23.1 Å². The van der Waals surface area contributed by atoms with Crippen molar-refractivity contribution in [2.75, 3.05) is 0 Å². The molecule has 3 heterocycles. The molecule has 4 aliphatic rings. The number of esters is 1. The highest BCUT2D eigenvalue weighted by atomic mass is 16.7. The second-order valence-corrected chi connectivity index (χ2v) is 10.5. The molecule has 0 amide bonds. The first-order chi connectivity index (χ1) is 18.6. The summed E-state index contributed by atoms with van der Waals surface area (Å²) in [5.74, 6) is -1.65. The van der Waals surface area contributed by atoms with Crippen LogP contribution in [0.5, 0.6) is 11.5 Å². The van der Waals surface area contributed by atoms with Crippen molar-refractivity contribution in [3.63, 3.8) is 0 Å². The summed E-state index contributed by atoms with van der Waals surface area (Å²) in [4.78, 5) is 43.0. The van der Waals surface area contributed by atoms with E-state index in [2.05, 4.69) is 0 Å². The van der Waals surface area contributed by atoms with E-state index in [9.17, 15) is 29.7 Å². The van der Waals surface area contributed by atoms with Crippen molar-refractivity contribution in [2.24, 2.45) is 0 Å². The first kappa shape index (κ1) is 25.5. The van der Waals surface area contributed by atoms with Gasteiger partial charge in [-0.05, 0) is 44.0 Å². The number of hydrogen-bond donors (Lipinski definition) is 3. The third-order valence-corrected chi connectivity index (χ3v) is 7.83. The van der Waals surface area contributed by atoms with Crippen molar-refractivity contribution < 1.29 is 43.9 Å². The van der Waals surface area contributed by atoms with E-state index >= 15 is 0 Å². The van der Waals surface area contributed by atoms with Gasteiger partial charge in [-0.3, -0.25) is 9.59 Å². The van der Waals surface area contributed by atoms with Crippen LogP contribution in [-0.4, -0.2) is 68.4 Å². The molecule has 204 valence electrons. The molecule has 6 rings (SSSR count). The van der Waals surface area contributed by atoms with Gasteiger partial charge in [0.25, 0.3) is 0 Å². The Hall–Kier alpha value is -3.73. The van der Waals surface area contributed by atoms with Crippen molar-refractivity contribution in [3.05, 3.63) is 63.8 Å². The van der Waals surface area contributed by atoms with E-state index < -0.39 is 54.4 Å². The number of ether oxygens (including phenoxy) is 3. The normalized spacial score (nSPS) is 29.5. The first-order valence-corrected chi connectivity index (χ1v) is 13.1.